The molecule has 0 saturated carbocycles. The molecule has 1 heterocycles. The van der Waals surface area contributed by atoms with Crippen molar-refractivity contribution in [2.75, 3.05) is 5.32 Å². The van der Waals surface area contributed by atoms with Gasteiger partial charge in [-0.3, -0.25) is 9.59 Å². The summed E-state index contributed by atoms with van der Waals surface area (Å²) < 4.78 is 29.0. The van der Waals surface area contributed by atoms with Crippen LogP contribution in [0.4, 0.5) is 14.5 Å². The molecule has 114 valence electrons. The molecular formula is C13H13ClF2N2O3. The second-order valence-corrected chi connectivity index (χ2v) is 4.96. The minimum Gasteiger partial charge on any atom is -0.433 e. The van der Waals surface area contributed by atoms with Crippen molar-refractivity contribution in [2.24, 2.45) is 0 Å². The maximum Gasteiger partial charge on any atom is 0.387 e. The molecule has 8 heteroatoms. The number of amides is 2. The fourth-order valence-corrected chi connectivity index (χ4v) is 2.19. The van der Waals surface area contributed by atoms with Crippen LogP contribution >= 0.6 is 11.6 Å². The van der Waals surface area contributed by atoms with Gasteiger partial charge >= 0.3 is 6.61 Å². The van der Waals surface area contributed by atoms with Gasteiger partial charge in [0.2, 0.25) is 11.8 Å². The second-order valence-electron chi connectivity index (χ2n) is 4.52. The Morgan fingerprint density at radius 1 is 1.48 bits per heavy atom. The Kier molecular flexibility index (Phi) is 4.95. The average Bonchev–Trinajstić information content (AvgIpc) is 2.41. The number of benzene rings is 1. The van der Waals surface area contributed by atoms with E-state index >= 15 is 0 Å². The molecular weight excluding hydrogens is 306 g/mol. The van der Waals surface area contributed by atoms with Gasteiger partial charge in [0.05, 0.1) is 5.69 Å². The molecule has 1 aromatic rings. The van der Waals surface area contributed by atoms with Crippen LogP contribution in [0.15, 0.2) is 18.2 Å². The highest BCUT2D eigenvalue weighted by molar-refractivity contribution is 6.31. The zero-order chi connectivity index (χ0) is 15.4. The van der Waals surface area contributed by atoms with E-state index in [2.05, 4.69) is 15.4 Å². The van der Waals surface area contributed by atoms with Crippen molar-refractivity contribution in [3.05, 3.63) is 23.2 Å². The molecule has 0 aliphatic carbocycles. The number of ether oxygens (including phenoxy) is 1. The Balaban J connectivity index is 2.12. The number of alkyl halides is 2. The first-order chi connectivity index (χ1) is 9.95. The summed E-state index contributed by atoms with van der Waals surface area (Å²) >= 11 is 5.78. The summed E-state index contributed by atoms with van der Waals surface area (Å²) in [5, 5.41) is 5.25. The third kappa shape index (κ3) is 4.29. The van der Waals surface area contributed by atoms with Crippen molar-refractivity contribution in [1.29, 1.82) is 0 Å². The van der Waals surface area contributed by atoms with Crippen LogP contribution in [0.1, 0.15) is 19.3 Å². The minimum atomic E-state index is -3.02. The molecule has 2 N–H and O–H groups in total. The van der Waals surface area contributed by atoms with Gasteiger partial charge in [-0.2, -0.15) is 8.78 Å². The van der Waals surface area contributed by atoms with Gasteiger partial charge in [-0.25, -0.2) is 0 Å². The van der Waals surface area contributed by atoms with Crippen LogP contribution in [-0.2, 0) is 9.59 Å². The molecule has 0 aromatic heterocycles. The summed E-state index contributed by atoms with van der Waals surface area (Å²) in [4.78, 5) is 23.3. The molecule has 0 bridgehead atoms. The Labute approximate surface area is 124 Å². The molecule has 0 unspecified atom stereocenters. The zero-order valence-electron chi connectivity index (χ0n) is 10.9. The third-order valence-electron chi connectivity index (χ3n) is 2.96. The molecule has 5 nitrogen and oxygen atoms in total. The van der Waals surface area contributed by atoms with Crippen LogP contribution in [-0.4, -0.2) is 24.5 Å². The van der Waals surface area contributed by atoms with Gasteiger partial charge in [0.1, 0.15) is 11.8 Å². The molecule has 1 saturated heterocycles. The van der Waals surface area contributed by atoms with Crippen molar-refractivity contribution < 1.29 is 23.1 Å². The van der Waals surface area contributed by atoms with E-state index in [0.29, 0.717) is 19.3 Å². The smallest absolute Gasteiger partial charge is 0.387 e. The Bertz CT molecular complexity index is 554. The Morgan fingerprint density at radius 3 is 2.90 bits per heavy atom. The lowest BCUT2D eigenvalue weighted by Gasteiger charge is -2.23. The van der Waals surface area contributed by atoms with E-state index in [1.165, 1.54) is 18.2 Å². The van der Waals surface area contributed by atoms with Gasteiger partial charge in [0.15, 0.2) is 0 Å². The minimum absolute atomic E-state index is 0.0348. The van der Waals surface area contributed by atoms with Crippen LogP contribution in [0, 0.1) is 0 Å². The lowest BCUT2D eigenvalue weighted by Crippen LogP contribution is -2.46. The number of halogens is 3. The maximum atomic E-state index is 12.3. The van der Waals surface area contributed by atoms with Crippen molar-refractivity contribution in [2.45, 2.75) is 31.9 Å². The molecule has 2 amide bonds. The van der Waals surface area contributed by atoms with Crippen LogP contribution in [0.2, 0.25) is 5.02 Å². The molecule has 1 fully saturated rings. The number of carbonyl (C=O) groups is 2. The lowest BCUT2D eigenvalue weighted by molar-refractivity contribution is -0.128. The lowest BCUT2D eigenvalue weighted by atomic mass is 10.0. The van der Waals surface area contributed by atoms with Crippen molar-refractivity contribution in [3.63, 3.8) is 0 Å². The average molecular weight is 319 g/mol. The van der Waals surface area contributed by atoms with Crippen LogP contribution in [0.3, 0.4) is 0 Å². The summed E-state index contributed by atoms with van der Waals surface area (Å²) in [6.07, 6.45) is 1.46. The highest BCUT2D eigenvalue weighted by Gasteiger charge is 2.25. The Hall–Kier alpha value is -1.89. The number of hydrogen-bond donors (Lipinski definition) is 2. The summed E-state index contributed by atoms with van der Waals surface area (Å²) in [5.74, 6) is -0.897. The van der Waals surface area contributed by atoms with E-state index in [1.807, 2.05) is 0 Å². The first-order valence-electron chi connectivity index (χ1n) is 6.30. The maximum absolute atomic E-state index is 12.3. The Morgan fingerprint density at radius 2 is 2.24 bits per heavy atom. The number of carbonyl (C=O) groups excluding carboxylic acids is 2. The molecule has 0 spiro atoms. The first-order valence-corrected chi connectivity index (χ1v) is 6.68. The molecule has 21 heavy (non-hydrogen) atoms. The molecule has 0 radical (unpaired) electrons. The van der Waals surface area contributed by atoms with E-state index in [0.717, 1.165) is 0 Å². The van der Waals surface area contributed by atoms with Gasteiger partial charge in [-0.05, 0) is 31.0 Å². The molecule has 1 aliphatic rings. The van der Waals surface area contributed by atoms with Crippen molar-refractivity contribution in [3.8, 4) is 5.75 Å². The number of hydrogen-bond acceptors (Lipinski definition) is 3. The van der Waals surface area contributed by atoms with Crippen LogP contribution in [0.5, 0.6) is 5.75 Å². The topological polar surface area (TPSA) is 67.4 Å². The highest BCUT2D eigenvalue weighted by Crippen LogP contribution is 2.29. The van der Waals surface area contributed by atoms with E-state index < -0.39 is 18.6 Å². The zero-order valence-corrected chi connectivity index (χ0v) is 11.6. The van der Waals surface area contributed by atoms with E-state index in [4.69, 9.17) is 11.6 Å². The van der Waals surface area contributed by atoms with Crippen molar-refractivity contribution >= 4 is 29.1 Å². The van der Waals surface area contributed by atoms with E-state index in [1.54, 1.807) is 0 Å². The predicted molar refractivity (Wildman–Crippen MR) is 72.5 cm³/mol. The molecule has 1 atom stereocenters. The summed E-state index contributed by atoms with van der Waals surface area (Å²) in [6, 6.07) is 3.23. The fourth-order valence-electron chi connectivity index (χ4n) is 2.02. The number of piperidine rings is 1. The van der Waals surface area contributed by atoms with E-state index in [9.17, 15) is 18.4 Å². The molecule has 1 aliphatic heterocycles. The van der Waals surface area contributed by atoms with Gasteiger partial charge in [-0.15, -0.1) is 0 Å². The van der Waals surface area contributed by atoms with Gasteiger partial charge in [0, 0.05) is 11.4 Å². The molecule has 1 aromatic carbocycles. The third-order valence-corrected chi connectivity index (χ3v) is 3.20. The highest BCUT2D eigenvalue weighted by atomic mass is 35.5. The summed E-state index contributed by atoms with van der Waals surface area (Å²) in [7, 11) is 0. The standard InChI is InChI=1S/C13H13ClF2N2O3/c14-7-4-5-10(21-13(15)16)9(6-7)18-12(20)8-2-1-3-11(19)17-8/h4-6,8,13H,1-3H2,(H,17,19)(H,18,20)/t8-/m1/s1. The number of rotatable bonds is 4. The fraction of sp³-hybridized carbons (Fsp3) is 0.385. The van der Waals surface area contributed by atoms with Crippen molar-refractivity contribution in [1.82, 2.24) is 5.32 Å². The first kappa shape index (κ1) is 15.5. The molecule has 2 rings (SSSR count). The SMILES string of the molecule is O=C1CCC[C@H](C(=O)Nc2cc(Cl)ccc2OC(F)F)N1. The van der Waals surface area contributed by atoms with Gasteiger partial charge < -0.3 is 15.4 Å². The monoisotopic (exact) mass is 318 g/mol. The summed E-state index contributed by atoms with van der Waals surface area (Å²) in [6.45, 7) is -3.02. The number of anilines is 1. The number of nitrogens with one attached hydrogen (secondary N) is 2. The summed E-state index contributed by atoms with van der Waals surface area (Å²) in [5.41, 5.74) is 0.0348. The van der Waals surface area contributed by atoms with E-state index in [-0.39, 0.29) is 22.4 Å². The normalized spacial score (nSPS) is 18.3. The van der Waals surface area contributed by atoms with Crippen LogP contribution in [0.25, 0.3) is 0 Å². The quantitative estimate of drug-likeness (QED) is 0.896. The van der Waals surface area contributed by atoms with Gasteiger partial charge in [0.25, 0.3) is 0 Å². The largest absolute Gasteiger partial charge is 0.433 e. The second kappa shape index (κ2) is 6.71. The van der Waals surface area contributed by atoms with Gasteiger partial charge in [-0.1, -0.05) is 11.6 Å². The predicted octanol–water partition coefficient (Wildman–Crippen LogP) is 2.55. The van der Waals surface area contributed by atoms with Crippen LogP contribution < -0.4 is 15.4 Å².